The Bertz CT molecular complexity index is 962. The van der Waals surface area contributed by atoms with Crippen LogP contribution in [0.25, 0.3) is 11.2 Å². The van der Waals surface area contributed by atoms with E-state index in [1.165, 1.54) is 5.56 Å². The molecule has 1 aromatic carbocycles. The molecule has 1 fully saturated rings. The molecule has 0 bridgehead atoms. The highest BCUT2D eigenvalue weighted by atomic mass is 16.3. The van der Waals surface area contributed by atoms with Gasteiger partial charge in [0.15, 0.2) is 17.0 Å². The van der Waals surface area contributed by atoms with Gasteiger partial charge < -0.3 is 20.2 Å². The molecule has 2 aromatic heterocycles. The molecule has 0 atom stereocenters. The average molecular weight is 423 g/mol. The maximum atomic E-state index is 9.15. The molecule has 2 N–H and O–H groups in total. The van der Waals surface area contributed by atoms with E-state index in [-0.39, 0.29) is 6.61 Å². The van der Waals surface area contributed by atoms with E-state index in [1.54, 1.807) is 12.4 Å². The summed E-state index contributed by atoms with van der Waals surface area (Å²) in [6.45, 7) is 6.83. The minimum atomic E-state index is 0.189. The number of hydrogen-bond acceptors (Lipinski definition) is 9. The Kier molecular flexibility index (Phi) is 7.18. The first-order chi connectivity index (χ1) is 15.2. The molecule has 1 aliphatic rings. The van der Waals surface area contributed by atoms with Crippen molar-refractivity contribution in [2.45, 2.75) is 6.54 Å². The van der Waals surface area contributed by atoms with Crippen LogP contribution in [0.4, 0.5) is 11.8 Å². The average Bonchev–Trinajstić information content (AvgIpc) is 2.80. The van der Waals surface area contributed by atoms with Gasteiger partial charge in [-0.3, -0.25) is 4.90 Å². The van der Waals surface area contributed by atoms with Gasteiger partial charge in [-0.2, -0.15) is 9.97 Å². The third kappa shape index (κ3) is 5.63. The van der Waals surface area contributed by atoms with Crippen LogP contribution in [0.5, 0.6) is 0 Å². The van der Waals surface area contributed by atoms with Crippen molar-refractivity contribution in [3.63, 3.8) is 0 Å². The van der Waals surface area contributed by atoms with Crippen molar-refractivity contribution in [1.29, 1.82) is 0 Å². The van der Waals surface area contributed by atoms with Gasteiger partial charge in [0.2, 0.25) is 5.95 Å². The van der Waals surface area contributed by atoms with Crippen molar-refractivity contribution < 1.29 is 5.11 Å². The molecule has 3 aromatic rings. The van der Waals surface area contributed by atoms with Gasteiger partial charge >= 0.3 is 0 Å². The number of anilines is 2. The van der Waals surface area contributed by atoms with E-state index in [0.717, 1.165) is 51.6 Å². The Balaban J connectivity index is 1.42. The lowest BCUT2D eigenvalue weighted by Gasteiger charge is -2.34. The smallest absolute Gasteiger partial charge is 0.229 e. The maximum absolute atomic E-state index is 9.15. The summed E-state index contributed by atoms with van der Waals surface area (Å²) in [4.78, 5) is 25.0. The molecule has 0 amide bonds. The fraction of sp³-hybridized carbons (Fsp3) is 0.455. The van der Waals surface area contributed by atoms with Gasteiger partial charge in [0, 0.05) is 64.8 Å². The molecule has 0 saturated carbocycles. The highest BCUT2D eigenvalue weighted by Gasteiger charge is 2.20. The molecule has 0 spiro atoms. The van der Waals surface area contributed by atoms with Crippen molar-refractivity contribution in [3.8, 4) is 0 Å². The van der Waals surface area contributed by atoms with E-state index in [1.807, 2.05) is 6.07 Å². The Morgan fingerprint density at radius 3 is 2.58 bits per heavy atom. The van der Waals surface area contributed by atoms with Crippen LogP contribution in [0, 0.1) is 0 Å². The van der Waals surface area contributed by atoms with Crippen molar-refractivity contribution in [2.75, 3.05) is 69.7 Å². The summed E-state index contributed by atoms with van der Waals surface area (Å²) in [5.41, 5.74) is 2.59. The number of fused-ring (bicyclic) bond motifs is 1. The highest BCUT2D eigenvalue weighted by Crippen LogP contribution is 2.21. The summed E-state index contributed by atoms with van der Waals surface area (Å²) < 4.78 is 0. The number of β-amino-alcohol motifs (C(OH)–C–C–N with tert-alkyl or cyclic N) is 1. The van der Waals surface area contributed by atoms with Crippen LogP contribution in [0.3, 0.4) is 0 Å². The van der Waals surface area contributed by atoms with E-state index in [0.29, 0.717) is 23.7 Å². The van der Waals surface area contributed by atoms with Crippen LogP contribution in [0.15, 0.2) is 42.7 Å². The molecule has 9 heteroatoms. The number of piperazine rings is 1. The number of rotatable bonds is 9. The van der Waals surface area contributed by atoms with Crippen molar-refractivity contribution >= 4 is 22.9 Å². The minimum Gasteiger partial charge on any atom is -0.395 e. The maximum Gasteiger partial charge on any atom is 0.229 e. The number of aliphatic hydroxyl groups is 1. The summed E-state index contributed by atoms with van der Waals surface area (Å²) in [5.74, 6) is 1.40. The molecular formula is C22H30N8O. The van der Waals surface area contributed by atoms with Crippen LogP contribution < -0.4 is 10.2 Å². The quantitative estimate of drug-likeness (QED) is 0.525. The SMILES string of the molecule is CN(CCNc1nc(N2CCN(CCO)CC2)nc2nccnc12)Cc1ccccc1. The predicted molar refractivity (Wildman–Crippen MR) is 122 cm³/mol. The van der Waals surface area contributed by atoms with Crippen LogP contribution in [0.1, 0.15) is 5.56 Å². The summed E-state index contributed by atoms with van der Waals surface area (Å²) >= 11 is 0. The van der Waals surface area contributed by atoms with E-state index < -0.39 is 0 Å². The van der Waals surface area contributed by atoms with Crippen LogP contribution >= 0.6 is 0 Å². The molecule has 1 aliphatic heterocycles. The Morgan fingerprint density at radius 1 is 1.03 bits per heavy atom. The zero-order chi connectivity index (χ0) is 21.5. The fourth-order valence-electron chi connectivity index (χ4n) is 3.77. The first-order valence-corrected chi connectivity index (χ1v) is 10.8. The summed E-state index contributed by atoms with van der Waals surface area (Å²) in [6.07, 6.45) is 3.33. The number of nitrogens with zero attached hydrogens (tertiary/aromatic N) is 7. The zero-order valence-electron chi connectivity index (χ0n) is 18.0. The van der Waals surface area contributed by atoms with Gasteiger partial charge in [-0.1, -0.05) is 30.3 Å². The topological polar surface area (TPSA) is 93.5 Å². The Hall–Kier alpha value is -2.88. The third-order valence-corrected chi connectivity index (χ3v) is 5.47. The lowest BCUT2D eigenvalue weighted by Crippen LogP contribution is -2.47. The molecule has 0 aliphatic carbocycles. The normalized spacial score (nSPS) is 15.0. The number of aromatic nitrogens is 4. The number of hydrogen-bond donors (Lipinski definition) is 2. The fourth-order valence-corrected chi connectivity index (χ4v) is 3.77. The molecule has 164 valence electrons. The summed E-state index contributed by atoms with van der Waals surface area (Å²) in [7, 11) is 2.11. The van der Waals surface area contributed by atoms with Crippen LogP contribution in [-0.4, -0.2) is 94.3 Å². The van der Waals surface area contributed by atoms with E-state index >= 15 is 0 Å². The summed E-state index contributed by atoms with van der Waals surface area (Å²) in [5, 5.41) is 12.6. The lowest BCUT2D eigenvalue weighted by molar-refractivity contribution is 0.188. The van der Waals surface area contributed by atoms with Gasteiger partial charge in [0.05, 0.1) is 6.61 Å². The van der Waals surface area contributed by atoms with Crippen LogP contribution in [0.2, 0.25) is 0 Å². The van der Waals surface area contributed by atoms with Crippen molar-refractivity contribution in [2.24, 2.45) is 0 Å². The van der Waals surface area contributed by atoms with Gasteiger partial charge in [-0.25, -0.2) is 9.97 Å². The molecule has 31 heavy (non-hydrogen) atoms. The molecular weight excluding hydrogens is 392 g/mol. The Labute approximate surface area is 182 Å². The molecule has 9 nitrogen and oxygen atoms in total. The van der Waals surface area contributed by atoms with Crippen molar-refractivity contribution in [1.82, 2.24) is 29.7 Å². The number of nitrogens with one attached hydrogen (secondary N) is 1. The van der Waals surface area contributed by atoms with Gasteiger partial charge in [0.25, 0.3) is 0 Å². The molecule has 4 rings (SSSR count). The molecule has 3 heterocycles. The summed E-state index contributed by atoms with van der Waals surface area (Å²) in [6, 6.07) is 10.5. The second-order valence-electron chi connectivity index (χ2n) is 7.80. The number of benzene rings is 1. The first kappa shape index (κ1) is 21.4. The van der Waals surface area contributed by atoms with Gasteiger partial charge in [-0.05, 0) is 12.6 Å². The second-order valence-corrected chi connectivity index (χ2v) is 7.80. The second kappa shape index (κ2) is 10.4. The highest BCUT2D eigenvalue weighted by molar-refractivity contribution is 5.83. The first-order valence-electron chi connectivity index (χ1n) is 10.8. The van der Waals surface area contributed by atoms with Gasteiger partial charge in [0.1, 0.15) is 0 Å². The van der Waals surface area contributed by atoms with E-state index in [2.05, 4.69) is 66.3 Å². The van der Waals surface area contributed by atoms with Crippen LogP contribution in [-0.2, 0) is 6.54 Å². The van der Waals surface area contributed by atoms with Gasteiger partial charge in [-0.15, -0.1) is 0 Å². The Morgan fingerprint density at radius 2 is 1.81 bits per heavy atom. The minimum absolute atomic E-state index is 0.189. The molecule has 0 unspecified atom stereocenters. The van der Waals surface area contributed by atoms with E-state index in [9.17, 15) is 0 Å². The third-order valence-electron chi connectivity index (χ3n) is 5.47. The lowest BCUT2D eigenvalue weighted by atomic mass is 10.2. The standard InChI is InChI=1S/C22H30N8O/c1-28(17-18-5-3-2-4-6-18)10-9-25-21-19-20(24-8-7-23-19)26-22(27-21)30-13-11-29(12-14-30)15-16-31/h2-8,31H,9-17H2,1H3,(H,24,25,26,27). The predicted octanol–water partition coefficient (Wildman–Crippen LogP) is 1.08. The van der Waals surface area contributed by atoms with Crippen molar-refractivity contribution in [3.05, 3.63) is 48.3 Å². The van der Waals surface area contributed by atoms with E-state index in [4.69, 9.17) is 10.1 Å². The number of likely N-dealkylation sites (N-methyl/N-ethyl adjacent to an activating group) is 1. The zero-order valence-corrected chi connectivity index (χ0v) is 18.0. The number of aliphatic hydroxyl groups excluding tert-OH is 1. The molecule has 1 saturated heterocycles. The molecule has 0 radical (unpaired) electrons. The largest absolute Gasteiger partial charge is 0.395 e. The monoisotopic (exact) mass is 422 g/mol.